The van der Waals surface area contributed by atoms with Gasteiger partial charge in [-0.3, -0.25) is 14.6 Å². The van der Waals surface area contributed by atoms with Gasteiger partial charge in [0.2, 0.25) is 5.91 Å². The van der Waals surface area contributed by atoms with Crippen LogP contribution in [0.1, 0.15) is 17.1 Å². The first-order chi connectivity index (χ1) is 12.0. The first-order valence-electron chi connectivity index (χ1n) is 7.65. The van der Waals surface area contributed by atoms with Gasteiger partial charge in [0.25, 0.3) is 5.56 Å². The Labute approximate surface area is 143 Å². The molecular weight excluding hydrogens is 322 g/mol. The lowest BCUT2D eigenvalue weighted by Crippen LogP contribution is -2.29. The molecule has 0 saturated carbocycles. The summed E-state index contributed by atoms with van der Waals surface area (Å²) in [5.74, 6) is 0.720. The van der Waals surface area contributed by atoms with E-state index in [9.17, 15) is 9.59 Å². The highest BCUT2D eigenvalue weighted by molar-refractivity contribution is 5.78. The number of nitrogens with zero attached hydrogens (tertiary/aromatic N) is 5. The summed E-state index contributed by atoms with van der Waals surface area (Å²) in [6.45, 7) is 1.94. The van der Waals surface area contributed by atoms with E-state index in [1.807, 2.05) is 6.07 Å². The number of hydrogen-bond acceptors (Lipinski definition) is 6. The van der Waals surface area contributed by atoms with Crippen molar-refractivity contribution in [3.05, 3.63) is 58.2 Å². The number of pyridine rings is 1. The number of H-pyrrole nitrogens is 1. The Balaban J connectivity index is 1.73. The zero-order valence-corrected chi connectivity index (χ0v) is 13.9. The first-order valence-corrected chi connectivity index (χ1v) is 7.65. The highest BCUT2D eigenvalue weighted by atomic mass is 16.2. The van der Waals surface area contributed by atoms with Crippen molar-refractivity contribution < 1.29 is 4.79 Å². The fourth-order valence-electron chi connectivity index (χ4n) is 2.31. The van der Waals surface area contributed by atoms with E-state index in [-0.39, 0.29) is 24.4 Å². The summed E-state index contributed by atoms with van der Waals surface area (Å²) in [6.07, 6.45) is 3.11. The van der Waals surface area contributed by atoms with Gasteiger partial charge in [0, 0.05) is 24.5 Å². The van der Waals surface area contributed by atoms with Gasteiger partial charge in [0.05, 0.1) is 13.0 Å². The normalized spacial score (nSPS) is 10.6. The molecule has 9 heteroatoms. The van der Waals surface area contributed by atoms with E-state index in [0.29, 0.717) is 28.6 Å². The van der Waals surface area contributed by atoms with Crippen LogP contribution < -0.4 is 10.9 Å². The van der Waals surface area contributed by atoms with Crippen molar-refractivity contribution in [3.63, 3.8) is 0 Å². The molecule has 0 aliphatic heterocycles. The first kappa shape index (κ1) is 16.5. The van der Waals surface area contributed by atoms with Crippen LogP contribution in [0.15, 0.2) is 35.5 Å². The number of carbonyl (C=O) groups is 1. The molecule has 0 radical (unpaired) electrons. The molecule has 3 aromatic heterocycles. The largest absolute Gasteiger partial charge is 0.349 e. The fourth-order valence-corrected chi connectivity index (χ4v) is 2.31. The lowest BCUT2D eigenvalue weighted by atomic mass is 10.1. The van der Waals surface area contributed by atoms with Crippen molar-refractivity contribution in [1.29, 1.82) is 0 Å². The summed E-state index contributed by atoms with van der Waals surface area (Å²) in [4.78, 5) is 35.6. The number of aryl methyl sites for hydroxylation is 2. The number of amides is 1. The molecule has 0 fully saturated rings. The maximum Gasteiger partial charge on any atom is 0.255 e. The minimum absolute atomic E-state index is 0.0610. The van der Waals surface area contributed by atoms with Gasteiger partial charge in [0.15, 0.2) is 11.6 Å². The molecule has 0 spiro atoms. The van der Waals surface area contributed by atoms with Crippen LogP contribution >= 0.6 is 0 Å². The van der Waals surface area contributed by atoms with Crippen molar-refractivity contribution in [2.75, 3.05) is 0 Å². The zero-order valence-electron chi connectivity index (χ0n) is 13.9. The summed E-state index contributed by atoms with van der Waals surface area (Å²) < 4.78 is 1.71. The topological polar surface area (TPSA) is 118 Å². The predicted octanol–water partition coefficient (Wildman–Crippen LogP) is 0.128. The molecule has 1 amide bonds. The molecule has 0 aliphatic rings. The number of hydrogen-bond donors (Lipinski definition) is 2. The minimum atomic E-state index is -0.345. The van der Waals surface area contributed by atoms with E-state index in [0.717, 1.165) is 0 Å². The van der Waals surface area contributed by atoms with E-state index >= 15 is 0 Å². The van der Waals surface area contributed by atoms with Gasteiger partial charge in [-0.25, -0.2) is 4.98 Å². The third-order valence-electron chi connectivity index (χ3n) is 3.72. The second kappa shape index (κ2) is 7.04. The summed E-state index contributed by atoms with van der Waals surface area (Å²) in [5.41, 5.74) is 1.05. The molecule has 3 aromatic rings. The molecule has 0 bridgehead atoms. The van der Waals surface area contributed by atoms with Gasteiger partial charge in [-0.05, 0) is 19.1 Å². The lowest BCUT2D eigenvalue weighted by Gasteiger charge is -2.08. The van der Waals surface area contributed by atoms with Crippen molar-refractivity contribution in [3.8, 4) is 11.5 Å². The van der Waals surface area contributed by atoms with Gasteiger partial charge in [-0.15, -0.1) is 10.2 Å². The molecule has 9 nitrogen and oxygen atoms in total. The molecule has 128 valence electrons. The van der Waals surface area contributed by atoms with Crippen molar-refractivity contribution in [2.24, 2.45) is 7.05 Å². The second-order valence-electron chi connectivity index (χ2n) is 5.51. The summed E-state index contributed by atoms with van der Waals surface area (Å²) in [7, 11) is 1.79. The fraction of sp³-hybridized carbons (Fsp3) is 0.250. The van der Waals surface area contributed by atoms with Crippen LogP contribution in [0.25, 0.3) is 11.5 Å². The Morgan fingerprint density at radius 2 is 2.20 bits per heavy atom. The Morgan fingerprint density at radius 1 is 1.36 bits per heavy atom. The van der Waals surface area contributed by atoms with Crippen LogP contribution in [0.3, 0.4) is 0 Å². The Bertz CT molecular complexity index is 947. The van der Waals surface area contributed by atoms with Crippen LogP contribution in [0, 0.1) is 6.92 Å². The van der Waals surface area contributed by atoms with Crippen LogP contribution in [0.5, 0.6) is 0 Å². The molecule has 0 saturated heterocycles. The van der Waals surface area contributed by atoms with Gasteiger partial charge >= 0.3 is 0 Å². The molecular formula is C16H17N7O2. The SMILES string of the molecule is Cc1nc(-c2ccccn2)[nH]c(=O)c1CC(=O)NCc1nncn1C. The number of rotatable bonds is 5. The van der Waals surface area contributed by atoms with Crippen LogP contribution in [0.4, 0.5) is 0 Å². The Hall–Kier alpha value is -3.36. The van der Waals surface area contributed by atoms with Crippen molar-refractivity contribution in [1.82, 2.24) is 35.0 Å². The monoisotopic (exact) mass is 339 g/mol. The smallest absolute Gasteiger partial charge is 0.255 e. The highest BCUT2D eigenvalue weighted by Gasteiger charge is 2.14. The van der Waals surface area contributed by atoms with Crippen LogP contribution in [-0.2, 0) is 24.8 Å². The maximum absolute atomic E-state index is 12.3. The maximum atomic E-state index is 12.3. The zero-order chi connectivity index (χ0) is 17.8. The molecule has 3 rings (SSSR count). The van der Waals surface area contributed by atoms with Gasteiger partial charge in [-0.1, -0.05) is 6.07 Å². The third-order valence-corrected chi connectivity index (χ3v) is 3.72. The molecule has 2 N–H and O–H groups in total. The summed E-state index contributed by atoms with van der Waals surface area (Å²) in [5, 5.41) is 10.3. The standard InChI is InChI=1S/C16H17N7O2/c1-10-11(7-14(24)18-8-13-22-19-9-23(13)2)16(25)21-15(20-10)12-5-3-4-6-17-12/h3-6,9H,7-8H2,1-2H3,(H,18,24)(H,20,21,25). The van der Waals surface area contributed by atoms with Gasteiger partial charge in [-0.2, -0.15) is 0 Å². The predicted molar refractivity (Wildman–Crippen MR) is 89.4 cm³/mol. The molecule has 25 heavy (non-hydrogen) atoms. The van der Waals surface area contributed by atoms with E-state index < -0.39 is 0 Å². The van der Waals surface area contributed by atoms with E-state index in [2.05, 4.69) is 30.5 Å². The molecule has 3 heterocycles. The molecule has 0 aliphatic carbocycles. The molecule has 0 unspecified atom stereocenters. The van der Waals surface area contributed by atoms with Crippen molar-refractivity contribution in [2.45, 2.75) is 19.9 Å². The quantitative estimate of drug-likeness (QED) is 0.682. The lowest BCUT2D eigenvalue weighted by molar-refractivity contribution is -0.120. The summed E-state index contributed by atoms with van der Waals surface area (Å²) in [6, 6.07) is 5.35. The highest BCUT2D eigenvalue weighted by Crippen LogP contribution is 2.11. The number of aromatic amines is 1. The molecule has 0 aromatic carbocycles. The van der Waals surface area contributed by atoms with Gasteiger partial charge in [0.1, 0.15) is 12.0 Å². The van der Waals surface area contributed by atoms with Crippen LogP contribution in [0.2, 0.25) is 0 Å². The molecule has 0 atom stereocenters. The second-order valence-corrected chi connectivity index (χ2v) is 5.51. The number of aromatic nitrogens is 6. The minimum Gasteiger partial charge on any atom is -0.349 e. The summed E-state index contributed by atoms with van der Waals surface area (Å²) >= 11 is 0. The van der Waals surface area contributed by atoms with E-state index in [4.69, 9.17) is 0 Å². The Morgan fingerprint density at radius 3 is 2.84 bits per heavy atom. The Kier molecular flexibility index (Phi) is 4.64. The number of carbonyl (C=O) groups excluding carboxylic acids is 1. The van der Waals surface area contributed by atoms with Gasteiger partial charge < -0.3 is 14.9 Å². The van der Waals surface area contributed by atoms with Crippen molar-refractivity contribution >= 4 is 5.91 Å². The number of nitrogens with one attached hydrogen (secondary N) is 2. The van der Waals surface area contributed by atoms with E-state index in [1.54, 1.807) is 43.2 Å². The van der Waals surface area contributed by atoms with E-state index in [1.165, 1.54) is 0 Å². The third kappa shape index (κ3) is 3.77. The average molecular weight is 339 g/mol. The van der Waals surface area contributed by atoms with Crippen LogP contribution in [-0.4, -0.2) is 35.6 Å². The average Bonchev–Trinajstić information content (AvgIpc) is 3.02.